The number of nitrogens with one attached hydrogen (secondary N) is 1. The second-order valence-electron chi connectivity index (χ2n) is 3.96. The van der Waals surface area contributed by atoms with Crippen LogP contribution in [-0.4, -0.2) is 32.4 Å². The number of nitrogens with two attached hydrogens (primary N) is 2. The molecule has 0 spiro atoms. The summed E-state index contributed by atoms with van der Waals surface area (Å²) in [7, 11) is 1.83. The quantitative estimate of drug-likeness (QED) is 0.617. The Bertz CT molecular complexity index is 717. The van der Waals surface area contributed by atoms with Gasteiger partial charge in [0.05, 0.1) is 11.2 Å². The fraction of sp³-hybridized carbons (Fsp3) is 0.100. The number of hydrazone groups is 1. The van der Waals surface area contributed by atoms with Gasteiger partial charge in [-0.2, -0.15) is 5.10 Å². The van der Waals surface area contributed by atoms with Crippen LogP contribution in [0.3, 0.4) is 0 Å². The molecule has 0 radical (unpaired) electrons. The summed E-state index contributed by atoms with van der Waals surface area (Å²) >= 11 is 0. The summed E-state index contributed by atoms with van der Waals surface area (Å²) in [6, 6.07) is 5.56. The second-order valence-corrected chi connectivity index (χ2v) is 3.96. The highest BCUT2D eigenvalue weighted by Crippen LogP contribution is 2.16. The Balaban J connectivity index is 1.88. The maximum absolute atomic E-state index is 5.59. The van der Waals surface area contributed by atoms with Crippen LogP contribution in [0.4, 0.5) is 5.69 Å². The van der Waals surface area contributed by atoms with Gasteiger partial charge in [-0.1, -0.05) is 5.21 Å². The van der Waals surface area contributed by atoms with Crippen LogP contribution in [0.5, 0.6) is 0 Å². The molecule has 0 fully saturated rings. The normalized spacial score (nSPS) is 14.5. The lowest BCUT2D eigenvalue weighted by Crippen LogP contribution is -2.32. The van der Waals surface area contributed by atoms with Gasteiger partial charge >= 0.3 is 0 Å². The molecular weight excluding hydrogens is 246 g/mol. The summed E-state index contributed by atoms with van der Waals surface area (Å²) in [5, 5.41) is 19.3. The zero-order valence-corrected chi connectivity index (χ0v) is 10.1. The molecule has 0 amide bonds. The number of benzene rings is 1. The monoisotopic (exact) mass is 257 g/mol. The first-order valence-electron chi connectivity index (χ1n) is 5.45. The van der Waals surface area contributed by atoms with Crippen molar-refractivity contribution in [1.82, 2.24) is 15.0 Å². The molecule has 0 saturated heterocycles. The molecule has 3 rings (SSSR count). The molecule has 19 heavy (non-hydrogen) atoms. The molecule has 1 aromatic heterocycles. The summed E-state index contributed by atoms with van der Waals surface area (Å²) in [6.45, 7) is 0. The Kier molecular flexibility index (Phi) is 2.37. The van der Waals surface area contributed by atoms with E-state index in [0.717, 1.165) is 16.7 Å². The van der Waals surface area contributed by atoms with Gasteiger partial charge < -0.3 is 11.5 Å². The number of anilines is 1. The van der Waals surface area contributed by atoms with Crippen LogP contribution >= 0.6 is 0 Å². The van der Waals surface area contributed by atoms with E-state index in [2.05, 4.69) is 31.0 Å². The average Bonchev–Trinajstić information content (AvgIpc) is 2.92. The lowest BCUT2D eigenvalue weighted by Gasteiger charge is -2.02. The Labute approximate surface area is 107 Å². The Morgan fingerprint density at radius 2 is 1.95 bits per heavy atom. The van der Waals surface area contributed by atoms with Gasteiger partial charge in [-0.3, -0.25) is 5.43 Å². The van der Waals surface area contributed by atoms with E-state index in [-0.39, 0.29) is 11.7 Å². The Hall–Kier alpha value is -2.97. The highest BCUT2D eigenvalue weighted by Gasteiger charge is 2.16. The van der Waals surface area contributed by atoms with Gasteiger partial charge in [-0.15, -0.1) is 15.3 Å². The van der Waals surface area contributed by atoms with Crippen LogP contribution in [0.2, 0.25) is 0 Å². The van der Waals surface area contributed by atoms with Gasteiger partial charge in [-0.05, 0) is 18.2 Å². The van der Waals surface area contributed by atoms with E-state index in [1.54, 1.807) is 4.68 Å². The molecule has 0 bridgehead atoms. The van der Waals surface area contributed by atoms with Gasteiger partial charge in [0.15, 0.2) is 17.4 Å². The summed E-state index contributed by atoms with van der Waals surface area (Å²) in [6.07, 6.45) is 0. The van der Waals surface area contributed by atoms with E-state index in [4.69, 9.17) is 11.5 Å². The number of rotatable bonds is 2. The van der Waals surface area contributed by atoms with Gasteiger partial charge in [-0.25, -0.2) is 4.68 Å². The van der Waals surface area contributed by atoms with Crippen molar-refractivity contribution in [1.29, 1.82) is 0 Å². The van der Waals surface area contributed by atoms with Crippen molar-refractivity contribution in [2.45, 2.75) is 0 Å². The number of aryl methyl sites for hydroxylation is 1. The molecule has 1 aliphatic rings. The van der Waals surface area contributed by atoms with E-state index in [9.17, 15) is 0 Å². The minimum atomic E-state index is 0.186. The summed E-state index contributed by atoms with van der Waals surface area (Å²) in [4.78, 5) is 0. The number of hydrogen-bond donors (Lipinski definition) is 3. The van der Waals surface area contributed by atoms with E-state index in [0.29, 0.717) is 5.71 Å². The molecule has 96 valence electrons. The van der Waals surface area contributed by atoms with Crippen molar-refractivity contribution in [3.8, 4) is 0 Å². The lowest BCUT2D eigenvalue weighted by molar-refractivity contribution is 0.736. The van der Waals surface area contributed by atoms with Crippen LogP contribution < -0.4 is 16.9 Å². The van der Waals surface area contributed by atoms with Gasteiger partial charge in [0.1, 0.15) is 5.52 Å². The topological polar surface area (TPSA) is 132 Å². The van der Waals surface area contributed by atoms with Crippen LogP contribution in [0.15, 0.2) is 33.5 Å². The van der Waals surface area contributed by atoms with Crippen molar-refractivity contribution >= 4 is 34.1 Å². The minimum absolute atomic E-state index is 0.186. The molecule has 5 N–H and O–H groups in total. The first-order chi connectivity index (χ1) is 9.15. The fourth-order valence-electron chi connectivity index (χ4n) is 1.68. The first-order valence-corrected chi connectivity index (χ1v) is 5.45. The summed E-state index contributed by atoms with van der Waals surface area (Å²) in [5.74, 6) is 0.371. The van der Waals surface area contributed by atoms with Crippen LogP contribution in [0, 0.1) is 0 Å². The number of nitrogens with zero attached hydrogens (tertiary/aromatic N) is 6. The van der Waals surface area contributed by atoms with Gasteiger partial charge in [0, 0.05) is 7.05 Å². The van der Waals surface area contributed by atoms with E-state index >= 15 is 0 Å². The van der Waals surface area contributed by atoms with Crippen molar-refractivity contribution in [3.05, 3.63) is 18.2 Å². The van der Waals surface area contributed by atoms with E-state index in [1.165, 1.54) is 0 Å². The number of aromatic nitrogens is 3. The molecular formula is C10H11N9. The standard InChI is InChI=1S/C10H11N9/c1-19-7-3-2-5(4-6(7)14-18-19)13-15-8-9(11)16-17-10(8)12/h2-4,13H,1H3,(H4,11,12,15,16,17). The number of amidine groups is 2. The summed E-state index contributed by atoms with van der Waals surface area (Å²) < 4.78 is 1.69. The molecule has 1 aromatic carbocycles. The predicted molar refractivity (Wildman–Crippen MR) is 72.8 cm³/mol. The molecule has 0 atom stereocenters. The first kappa shape index (κ1) is 11.1. The molecule has 0 unspecified atom stereocenters. The van der Waals surface area contributed by atoms with Gasteiger partial charge in [0.25, 0.3) is 0 Å². The molecule has 2 aromatic rings. The highest BCUT2D eigenvalue weighted by atomic mass is 15.4. The molecule has 1 aliphatic heterocycles. The molecule has 0 saturated carbocycles. The van der Waals surface area contributed by atoms with E-state index in [1.807, 2.05) is 25.2 Å². The molecule has 0 aliphatic carbocycles. The predicted octanol–water partition coefficient (Wildman–Crippen LogP) is -0.621. The van der Waals surface area contributed by atoms with Crippen molar-refractivity contribution < 1.29 is 0 Å². The second kappa shape index (κ2) is 4.05. The summed E-state index contributed by atoms with van der Waals surface area (Å²) in [5.41, 5.74) is 16.8. The van der Waals surface area contributed by atoms with Crippen LogP contribution in [0.25, 0.3) is 11.0 Å². The number of fused-ring (bicyclic) bond motifs is 1. The third-order valence-electron chi connectivity index (χ3n) is 2.66. The lowest BCUT2D eigenvalue weighted by atomic mass is 10.3. The van der Waals surface area contributed by atoms with Crippen molar-refractivity contribution in [2.75, 3.05) is 5.43 Å². The van der Waals surface area contributed by atoms with Gasteiger partial charge in [0.2, 0.25) is 0 Å². The third kappa shape index (κ3) is 1.86. The Morgan fingerprint density at radius 3 is 2.68 bits per heavy atom. The van der Waals surface area contributed by atoms with Crippen LogP contribution in [0.1, 0.15) is 0 Å². The Morgan fingerprint density at radius 1 is 1.21 bits per heavy atom. The SMILES string of the molecule is Cn1nnc2cc(NN=C3C(N)=NN=C3N)ccc21. The van der Waals surface area contributed by atoms with Crippen LogP contribution in [-0.2, 0) is 7.05 Å². The average molecular weight is 257 g/mol. The smallest absolute Gasteiger partial charge is 0.177 e. The highest BCUT2D eigenvalue weighted by molar-refractivity contribution is 6.68. The largest absolute Gasteiger partial charge is 0.380 e. The third-order valence-corrected chi connectivity index (χ3v) is 2.66. The minimum Gasteiger partial charge on any atom is -0.380 e. The molecule has 9 heteroatoms. The zero-order valence-electron chi connectivity index (χ0n) is 10.1. The fourth-order valence-corrected chi connectivity index (χ4v) is 1.68. The maximum Gasteiger partial charge on any atom is 0.177 e. The molecule has 2 heterocycles. The van der Waals surface area contributed by atoms with E-state index < -0.39 is 0 Å². The maximum atomic E-state index is 5.59. The van der Waals surface area contributed by atoms with Crippen molar-refractivity contribution in [3.63, 3.8) is 0 Å². The van der Waals surface area contributed by atoms with Crippen molar-refractivity contribution in [2.24, 2.45) is 33.8 Å². The number of hydrogen-bond acceptors (Lipinski definition) is 8. The molecule has 9 nitrogen and oxygen atoms in total. The zero-order chi connectivity index (χ0) is 13.4.